The van der Waals surface area contributed by atoms with E-state index in [1.165, 1.54) is 16.7 Å². The van der Waals surface area contributed by atoms with Gasteiger partial charge in [0.05, 0.1) is 13.2 Å². The summed E-state index contributed by atoms with van der Waals surface area (Å²) in [6.07, 6.45) is 0.802. The highest BCUT2D eigenvalue weighted by Gasteiger charge is 2.47. The second-order valence-corrected chi connectivity index (χ2v) is 9.29. The fourth-order valence-corrected chi connectivity index (χ4v) is 5.40. The van der Waals surface area contributed by atoms with Crippen molar-refractivity contribution in [2.75, 3.05) is 13.7 Å². The van der Waals surface area contributed by atoms with E-state index < -0.39 is 0 Å². The molecule has 0 radical (unpaired) electrons. The highest BCUT2D eigenvalue weighted by Crippen LogP contribution is 2.49. The highest BCUT2D eigenvalue weighted by molar-refractivity contribution is 5.84. The summed E-state index contributed by atoms with van der Waals surface area (Å²) in [6, 6.07) is 39.1. The van der Waals surface area contributed by atoms with Crippen LogP contribution in [0.4, 0.5) is 0 Å². The molecule has 36 heavy (non-hydrogen) atoms. The molecule has 0 bridgehead atoms. The van der Waals surface area contributed by atoms with Gasteiger partial charge in [0.2, 0.25) is 5.91 Å². The molecule has 1 aliphatic heterocycles. The van der Waals surface area contributed by atoms with Crippen molar-refractivity contribution in [3.8, 4) is 5.75 Å². The van der Waals surface area contributed by atoms with Crippen LogP contribution in [0.5, 0.6) is 5.75 Å². The number of carbonyl (C=O) groups is 1. The van der Waals surface area contributed by atoms with Crippen LogP contribution in [-0.4, -0.2) is 25.6 Å². The Balaban J connectivity index is 1.49. The molecule has 0 saturated carbocycles. The van der Waals surface area contributed by atoms with Gasteiger partial charge < -0.3 is 10.1 Å². The molecule has 0 aromatic heterocycles. The van der Waals surface area contributed by atoms with Crippen LogP contribution in [0.1, 0.15) is 40.1 Å². The molecular weight excluding hydrogens is 444 g/mol. The van der Waals surface area contributed by atoms with Crippen LogP contribution in [-0.2, 0) is 11.2 Å². The molecule has 4 aromatic rings. The first kappa shape index (κ1) is 23.8. The van der Waals surface area contributed by atoms with E-state index in [1.807, 2.05) is 42.5 Å². The number of amides is 1. The molecule has 4 atom stereocenters. The lowest BCUT2D eigenvalue weighted by Gasteiger charge is -2.27. The fraction of sp³-hybridized carbons (Fsp3) is 0.219. The Labute approximate surface area is 213 Å². The molecule has 5 rings (SSSR count). The molecule has 2 N–H and O–H groups in total. The molecule has 1 heterocycles. The second-order valence-electron chi connectivity index (χ2n) is 9.29. The maximum absolute atomic E-state index is 13.7. The first-order valence-electron chi connectivity index (χ1n) is 12.6. The summed E-state index contributed by atoms with van der Waals surface area (Å²) in [7, 11) is 1.67. The second kappa shape index (κ2) is 11.2. The third kappa shape index (κ3) is 5.19. The van der Waals surface area contributed by atoms with Crippen molar-refractivity contribution in [2.24, 2.45) is 0 Å². The SMILES string of the molecule is COc1ccc(C2C(C(=O)NCCc3ccccc3)NC(c3ccccc3)C2c2ccccc2)cc1. The monoisotopic (exact) mass is 476 g/mol. The Morgan fingerprint density at radius 1 is 0.722 bits per heavy atom. The summed E-state index contributed by atoms with van der Waals surface area (Å²) in [5.74, 6) is 0.891. The van der Waals surface area contributed by atoms with E-state index in [2.05, 4.69) is 83.4 Å². The average molecular weight is 477 g/mol. The van der Waals surface area contributed by atoms with Crippen LogP contribution in [0.2, 0.25) is 0 Å². The molecule has 4 aromatic carbocycles. The van der Waals surface area contributed by atoms with Crippen molar-refractivity contribution in [3.05, 3.63) is 138 Å². The molecule has 1 amide bonds. The van der Waals surface area contributed by atoms with E-state index >= 15 is 0 Å². The van der Waals surface area contributed by atoms with Gasteiger partial charge in [-0.15, -0.1) is 0 Å². The highest BCUT2D eigenvalue weighted by atomic mass is 16.5. The number of carbonyl (C=O) groups excluding carboxylic acids is 1. The van der Waals surface area contributed by atoms with Crippen LogP contribution in [0.15, 0.2) is 115 Å². The lowest BCUT2D eigenvalue weighted by Crippen LogP contribution is -2.44. The maximum atomic E-state index is 13.7. The standard InChI is InChI=1S/C32H32N2O2/c1-36-27-19-17-25(18-20-27)29-28(24-13-7-3-8-14-24)30(26-15-9-4-10-16-26)34-31(29)32(35)33-22-21-23-11-5-2-6-12-23/h2-20,28-31,34H,21-22H2,1H3,(H,33,35). The predicted molar refractivity (Wildman–Crippen MR) is 144 cm³/mol. The number of ether oxygens (including phenoxy) is 1. The Hall–Kier alpha value is -3.89. The zero-order valence-electron chi connectivity index (χ0n) is 20.5. The molecule has 4 nitrogen and oxygen atoms in total. The van der Waals surface area contributed by atoms with Gasteiger partial charge in [-0.2, -0.15) is 0 Å². The van der Waals surface area contributed by atoms with Crippen molar-refractivity contribution in [1.82, 2.24) is 10.6 Å². The first-order chi connectivity index (χ1) is 17.7. The van der Waals surface area contributed by atoms with Gasteiger partial charge in [0, 0.05) is 24.4 Å². The van der Waals surface area contributed by atoms with Crippen LogP contribution < -0.4 is 15.4 Å². The lowest BCUT2D eigenvalue weighted by molar-refractivity contribution is -0.123. The van der Waals surface area contributed by atoms with Gasteiger partial charge in [0.25, 0.3) is 0 Å². The van der Waals surface area contributed by atoms with Gasteiger partial charge in [0.1, 0.15) is 5.75 Å². The largest absolute Gasteiger partial charge is 0.497 e. The summed E-state index contributed by atoms with van der Waals surface area (Å²) in [5, 5.41) is 6.95. The normalized spacial score (nSPS) is 21.1. The first-order valence-corrected chi connectivity index (χ1v) is 12.6. The van der Waals surface area contributed by atoms with Crippen LogP contribution in [0.25, 0.3) is 0 Å². The van der Waals surface area contributed by atoms with Gasteiger partial charge in [-0.05, 0) is 40.8 Å². The quantitative estimate of drug-likeness (QED) is 0.346. The minimum absolute atomic E-state index is 0.00516. The summed E-state index contributed by atoms with van der Waals surface area (Å²) in [6.45, 7) is 0.600. The van der Waals surface area contributed by atoms with Crippen LogP contribution in [0, 0.1) is 0 Å². The number of rotatable bonds is 8. The molecule has 1 aliphatic rings. The van der Waals surface area contributed by atoms with E-state index in [9.17, 15) is 4.79 Å². The topological polar surface area (TPSA) is 50.4 Å². The number of benzene rings is 4. The van der Waals surface area contributed by atoms with E-state index in [4.69, 9.17) is 4.74 Å². The predicted octanol–water partition coefficient (Wildman–Crippen LogP) is 5.63. The number of hydrogen-bond acceptors (Lipinski definition) is 3. The van der Waals surface area contributed by atoms with Crippen molar-refractivity contribution in [1.29, 1.82) is 0 Å². The van der Waals surface area contributed by atoms with E-state index in [0.717, 1.165) is 17.7 Å². The minimum atomic E-state index is -0.371. The van der Waals surface area contributed by atoms with Crippen molar-refractivity contribution in [3.63, 3.8) is 0 Å². The molecule has 1 saturated heterocycles. The number of hydrogen-bond donors (Lipinski definition) is 2. The summed E-state index contributed by atoms with van der Waals surface area (Å²) in [5.41, 5.74) is 4.75. The molecular formula is C32H32N2O2. The molecule has 0 spiro atoms. The van der Waals surface area contributed by atoms with E-state index in [0.29, 0.717) is 6.54 Å². The van der Waals surface area contributed by atoms with Gasteiger partial charge in [-0.3, -0.25) is 10.1 Å². The third-order valence-electron chi connectivity index (χ3n) is 7.15. The molecule has 1 fully saturated rings. The van der Waals surface area contributed by atoms with Gasteiger partial charge in [0.15, 0.2) is 0 Å². The Morgan fingerprint density at radius 2 is 1.28 bits per heavy atom. The Kier molecular flexibility index (Phi) is 7.44. The maximum Gasteiger partial charge on any atom is 0.237 e. The van der Waals surface area contributed by atoms with Gasteiger partial charge in [-0.1, -0.05) is 103 Å². The minimum Gasteiger partial charge on any atom is -0.497 e. The van der Waals surface area contributed by atoms with E-state index in [1.54, 1.807) is 7.11 Å². The molecule has 0 aliphatic carbocycles. The number of nitrogens with one attached hydrogen (secondary N) is 2. The summed E-state index contributed by atoms with van der Waals surface area (Å²) < 4.78 is 5.41. The zero-order valence-corrected chi connectivity index (χ0v) is 20.5. The zero-order chi connectivity index (χ0) is 24.7. The number of methoxy groups -OCH3 is 1. The van der Waals surface area contributed by atoms with Crippen molar-refractivity contribution < 1.29 is 9.53 Å². The van der Waals surface area contributed by atoms with Crippen LogP contribution in [0.3, 0.4) is 0 Å². The van der Waals surface area contributed by atoms with Crippen LogP contribution >= 0.6 is 0 Å². The van der Waals surface area contributed by atoms with Gasteiger partial charge >= 0.3 is 0 Å². The Morgan fingerprint density at radius 3 is 1.89 bits per heavy atom. The third-order valence-corrected chi connectivity index (χ3v) is 7.15. The molecule has 4 unspecified atom stereocenters. The smallest absolute Gasteiger partial charge is 0.237 e. The molecule has 182 valence electrons. The summed E-state index contributed by atoms with van der Waals surface area (Å²) >= 11 is 0. The average Bonchev–Trinajstić information content (AvgIpc) is 3.35. The van der Waals surface area contributed by atoms with Crippen molar-refractivity contribution >= 4 is 5.91 Å². The Bertz CT molecular complexity index is 1240. The molecule has 4 heteroatoms. The fourth-order valence-electron chi connectivity index (χ4n) is 5.40. The van der Waals surface area contributed by atoms with Gasteiger partial charge in [-0.25, -0.2) is 0 Å². The van der Waals surface area contributed by atoms with Crippen molar-refractivity contribution in [2.45, 2.75) is 30.3 Å². The summed E-state index contributed by atoms with van der Waals surface area (Å²) in [4.78, 5) is 13.7. The van der Waals surface area contributed by atoms with E-state index in [-0.39, 0.29) is 29.8 Å². The lowest BCUT2D eigenvalue weighted by atomic mass is 9.76.